The summed E-state index contributed by atoms with van der Waals surface area (Å²) in [6, 6.07) is 6.37. The molecule has 0 aliphatic heterocycles. The third-order valence-corrected chi connectivity index (χ3v) is 4.66. The summed E-state index contributed by atoms with van der Waals surface area (Å²) in [5.74, 6) is -1.29. The molecule has 0 unspecified atom stereocenters. The Morgan fingerprint density at radius 3 is 2.50 bits per heavy atom. The third-order valence-electron chi connectivity index (χ3n) is 4.66. The SMILES string of the molecule is Cc1ccc(C(=O)N(C)[C@]2(C)C=C(C#N)C(=O)C(C)(C)C2)c(F)c1. The van der Waals surface area contributed by atoms with E-state index in [1.54, 1.807) is 40.8 Å². The second-order valence-electron chi connectivity index (χ2n) is 7.26. The Hall–Kier alpha value is -2.48. The third kappa shape index (κ3) is 2.96. The summed E-state index contributed by atoms with van der Waals surface area (Å²) in [5.41, 5.74) is -0.871. The first-order valence-corrected chi connectivity index (χ1v) is 7.74. The highest BCUT2D eigenvalue weighted by atomic mass is 19.1. The Morgan fingerprint density at radius 1 is 1.33 bits per heavy atom. The average Bonchev–Trinajstić information content (AvgIpc) is 2.49. The molecule has 1 amide bonds. The Labute approximate surface area is 141 Å². The summed E-state index contributed by atoms with van der Waals surface area (Å²) >= 11 is 0. The Kier molecular flexibility index (Phi) is 4.36. The molecule has 0 fully saturated rings. The predicted molar refractivity (Wildman–Crippen MR) is 88.7 cm³/mol. The fourth-order valence-corrected chi connectivity index (χ4v) is 3.27. The van der Waals surface area contributed by atoms with Gasteiger partial charge in [0.15, 0.2) is 5.78 Å². The largest absolute Gasteiger partial charge is 0.333 e. The number of hydrogen-bond donors (Lipinski definition) is 0. The first-order valence-electron chi connectivity index (χ1n) is 7.74. The highest BCUT2D eigenvalue weighted by molar-refractivity contribution is 6.04. The number of hydrogen-bond acceptors (Lipinski definition) is 3. The van der Waals surface area contributed by atoms with Crippen molar-refractivity contribution in [2.75, 3.05) is 7.05 Å². The number of ketones is 1. The molecule has 1 aromatic carbocycles. The molecule has 0 heterocycles. The molecule has 0 saturated carbocycles. The fraction of sp³-hybridized carbons (Fsp3) is 0.421. The molecule has 0 radical (unpaired) electrons. The topological polar surface area (TPSA) is 61.2 Å². The number of likely N-dealkylation sites (N-methyl/N-ethyl adjacent to an activating group) is 1. The molecule has 1 aliphatic carbocycles. The van der Waals surface area contributed by atoms with E-state index in [4.69, 9.17) is 0 Å². The van der Waals surface area contributed by atoms with Gasteiger partial charge in [-0.25, -0.2) is 4.39 Å². The molecule has 0 aromatic heterocycles. The second kappa shape index (κ2) is 5.86. The summed E-state index contributed by atoms with van der Waals surface area (Å²) in [6.07, 6.45) is 1.88. The highest BCUT2D eigenvalue weighted by Gasteiger charge is 2.46. The molecule has 1 aromatic rings. The number of allylic oxidation sites excluding steroid dienone is 1. The zero-order valence-electron chi connectivity index (χ0n) is 14.6. The van der Waals surface area contributed by atoms with E-state index in [1.807, 2.05) is 6.07 Å². The zero-order valence-corrected chi connectivity index (χ0v) is 14.6. The molecule has 0 N–H and O–H groups in total. The van der Waals surface area contributed by atoms with E-state index >= 15 is 0 Å². The van der Waals surface area contributed by atoms with Crippen LogP contribution in [0.1, 0.15) is 43.1 Å². The van der Waals surface area contributed by atoms with Gasteiger partial charge in [-0.3, -0.25) is 9.59 Å². The van der Waals surface area contributed by atoms with Crippen molar-refractivity contribution in [3.8, 4) is 6.07 Å². The lowest BCUT2D eigenvalue weighted by molar-refractivity contribution is -0.125. The van der Waals surface area contributed by atoms with Gasteiger partial charge in [0, 0.05) is 12.5 Å². The Bertz CT molecular complexity index is 789. The van der Waals surface area contributed by atoms with E-state index in [9.17, 15) is 19.2 Å². The monoisotopic (exact) mass is 328 g/mol. The van der Waals surface area contributed by atoms with Crippen LogP contribution in [0.5, 0.6) is 0 Å². The number of carbonyl (C=O) groups excluding carboxylic acids is 2. The molecule has 1 atom stereocenters. The number of aryl methyl sites for hydroxylation is 1. The van der Waals surface area contributed by atoms with E-state index in [0.717, 1.165) is 5.56 Å². The number of nitrogens with zero attached hydrogens (tertiary/aromatic N) is 2. The van der Waals surface area contributed by atoms with E-state index < -0.39 is 22.7 Å². The van der Waals surface area contributed by atoms with E-state index in [1.165, 1.54) is 23.1 Å². The normalized spacial score (nSPS) is 22.5. The maximum atomic E-state index is 14.1. The van der Waals surface area contributed by atoms with Crippen molar-refractivity contribution in [2.45, 2.75) is 39.7 Å². The molecule has 0 bridgehead atoms. The minimum Gasteiger partial charge on any atom is -0.333 e. The molecular weight excluding hydrogens is 307 g/mol. The molecule has 0 saturated heterocycles. The molecule has 126 valence electrons. The summed E-state index contributed by atoms with van der Waals surface area (Å²) in [6.45, 7) is 7.04. The molecule has 0 spiro atoms. The summed E-state index contributed by atoms with van der Waals surface area (Å²) in [4.78, 5) is 26.4. The standard InChI is InChI=1S/C19H21FN2O2/c1-12-6-7-14(15(20)8-12)17(24)22(5)19(4)9-13(10-21)16(23)18(2,3)11-19/h6-9H,11H2,1-5H3/t19-/m1/s1. The van der Waals surface area contributed by atoms with Gasteiger partial charge in [-0.1, -0.05) is 19.9 Å². The van der Waals surface area contributed by atoms with Crippen molar-refractivity contribution in [1.29, 1.82) is 5.26 Å². The van der Waals surface area contributed by atoms with Crippen molar-refractivity contribution in [1.82, 2.24) is 4.90 Å². The quantitative estimate of drug-likeness (QED) is 0.836. The molecule has 2 rings (SSSR count). The summed E-state index contributed by atoms with van der Waals surface area (Å²) < 4.78 is 14.1. The Morgan fingerprint density at radius 2 is 1.96 bits per heavy atom. The van der Waals surface area contributed by atoms with Crippen LogP contribution in [0.3, 0.4) is 0 Å². The van der Waals surface area contributed by atoms with Crippen LogP contribution < -0.4 is 0 Å². The number of Topliss-reactive ketones (excluding diaryl/α,β-unsaturated/α-hetero) is 1. The van der Waals surface area contributed by atoms with Crippen LogP contribution >= 0.6 is 0 Å². The smallest absolute Gasteiger partial charge is 0.257 e. The number of amides is 1. The fourth-order valence-electron chi connectivity index (χ4n) is 3.27. The summed E-state index contributed by atoms with van der Waals surface area (Å²) in [7, 11) is 1.57. The van der Waals surface area contributed by atoms with Crippen LogP contribution in [-0.2, 0) is 4.79 Å². The first-order chi connectivity index (χ1) is 11.0. The van der Waals surface area contributed by atoms with Crippen molar-refractivity contribution in [3.63, 3.8) is 0 Å². The number of rotatable bonds is 2. The van der Waals surface area contributed by atoms with Crippen molar-refractivity contribution in [2.24, 2.45) is 5.41 Å². The van der Waals surface area contributed by atoms with E-state index in [2.05, 4.69) is 0 Å². The Balaban J connectivity index is 2.46. The second-order valence-corrected chi connectivity index (χ2v) is 7.26. The minimum atomic E-state index is -0.850. The highest BCUT2D eigenvalue weighted by Crippen LogP contribution is 2.40. The van der Waals surface area contributed by atoms with Crippen LogP contribution in [-0.4, -0.2) is 29.2 Å². The van der Waals surface area contributed by atoms with Gasteiger partial charge in [0.2, 0.25) is 0 Å². The lowest BCUT2D eigenvalue weighted by Gasteiger charge is -2.44. The summed E-state index contributed by atoms with van der Waals surface area (Å²) in [5, 5.41) is 9.24. The van der Waals surface area contributed by atoms with Gasteiger partial charge in [-0.2, -0.15) is 5.26 Å². The van der Waals surface area contributed by atoms with E-state index in [-0.39, 0.29) is 16.9 Å². The molecular formula is C19H21FN2O2. The lowest BCUT2D eigenvalue weighted by Crippen LogP contribution is -2.52. The van der Waals surface area contributed by atoms with Crippen LogP contribution in [0.2, 0.25) is 0 Å². The molecule has 4 nitrogen and oxygen atoms in total. The zero-order chi connectivity index (χ0) is 18.3. The van der Waals surface area contributed by atoms with Gasteiger partial charge in [0.1, 0.15) is 11.9 Å². The van der Waals surface area contributed by atoms with Crippen LogP contribution in [0, 0.1) is 29.5 Å². The maximum absolute atomic E-state index is 14.1. The van der Waals surface area contributed by atoms with Gasteiger partial charge in [-0.15, -0.1) is 0 Å². The van der Waals surface area contributed by atoms with Crippen molar-refractivity contribution in [3.05, 3.63) is 46.8 Å². The van der Waals surface area contributed by atoms with Crippen LogP contribution in [0.15, 0.2) is 29.8 Å². The molecule has 24 heavy (non-hydrogen) atoms. The number of halogens is 1. The van der Waals surface area contributed by atoms with Gasteiger partial charge in [-0.05, 0) is 44.0 Å². The van der Waals surface area contributed by atoms with Crippen molar-refractivity contribution >= 4 is 11.7 Å². The van der Waals surface area contributed by atoms with Crippen molar-refractivity contribution < 1.29 is 14.0 Å². The van der Waals surface area contributed by atoms with Gasteiger partial charge in [0.25, 0.3) is 5.91 Å². The predicted octanol–water partition coefficient (Wildman–Crippen LogP) is 3.41. The number of carbonyl (C=O) groups is 2. The van der Waals surface area contributed by atoms with Crippen LogP contribution in [0.4, 0.5) is 4.39 Å². The number of benzene rings is 1. The minimum absolute atomic E-state index is 0.0223. The molecule has 1 aliphatic rings. The van der Waals surface area contributed by atoms with E-state index in [0.29, 0.717) is 6.42 Å². The molecule has 5 heteroatoms. The lowest BCUT2D eigenvalue weighted by atomic mass is 9.68. The van der Waals surface area contributed by atoms with Gasteiger partial charge in [0.05, 0.1) is 16.7 Å². The number of nitriles is 1. The van der Waals surface area contributed by atoms with Gasteiger partial charge < -0.3 is 4.90 Å². The maximum Gasteiger partial charge on any atom is 0.257 e. The van der Waals surface area contributed by atoms with Crippen LogP contribution in [0.25, 0.3) is 0 Å². The average molecular weight is 328 g/mol. The first kappa shape index (κ1) is 17.9. The van der Waals surface area contributed by atoms with Gasteiger partial charge >= 0.3 is 0 Å².